The number of methoxy groups -OCH3 is 1. The Labute approximate surface area is 112 Å². The van der Waals surface area contributed by atoms with E-state index in [0.29, 0.717) is 6.04 Å². The number of aryl methyl sites for hydroxylation is 1. The van der Waals surface area contributed by atoms with Crippen LogP contribution in [-0.4, -0.2) is 31.6 Å². The highest BCUT2D eigenvalue weighted by Crippen LogP contribution is 2.21. The van der Waals surface area contributed by atoms with Crippen LogP contribution in [-0.2, 0) is 6.42 Å². The fraction of sp³-hybridized carbons (Fsp3) is 0.625. The van der Waals surface area contributed by atoms with Gasteiger partial charge >= 0.3 is 0 Å². The summed E-state index contributed by atoms with van der Waals surface area (Å²) >= 11 is 0. The summed E-state index contributed by atoms with van der Waals surface area (Å²) in [5.74, 6) is 1.02. The highest BCUT2D eigenvalue weighted by Gasteiger charge is 2.12. The minimum Gasteiger partial charge on any atom is -0.496 e. The third-order valence-electron chi connectivity index (χ3n) is 3.61. The predicted octanol–water partition coefficient (Wildman–Crippen LogP) is 3.75. The first-order valence-electron chi connectivity index (χ1n) is 7.05. The summed E-state index contributed by atoms with van der Waals surface area (Å²) in [6, 6.07) is 9.02. The monoisotopic (exact) mass is 249 g/mol. The Hall–Kier alpha value is -1.02. The van der Waals surface area contributed by atoms with E-state index < -0.39 is 0 Å². The summed E-state index contributed by atoms with van der Waals surface area (Å²) < 4.78 is 5.41. The van der Waals surface area contributed by atoms with Crippen LogP contribution >= 0.6 is 0 Å². The molecule has 2 nitrogen and oxygen atoms in total. The Bertz CT molecular complexity index is 338. The fourth-order valence-electron chi connectivity index (χ4n) is 2.50. The maximum atomic E-state index is 5.41. The van der Waals surface area contributed by atoms with Crippen molar-refractivity contribution in [3.63, 3.8) is 0 Å². The van der Waals surface area contributed by atoms with E-state index in [0.717, 1.165) is 12.2 Å². The van der Waals surface area contributed by atoms with Crippen LogP contribution < -0.4 is 4.74 Å². The first-order valence-corrected chi connectivity index (χ1v) is 7.05. The third kappa shape index (κ3) is 4.34. The smallest absolute Gasteiger partial charge is 0.122 e. The Balaban J connectivity index is 2.56. The summed E-state index contributed by atoms with van der Waals surface area (Å²) in [5.41, 5.74) is 1.32. The van der Waals surface area contributed by atoms with Crippen molar-refractivity contribution in [1.82, 2.24) is 4.90 Å². The van der Waals surface area contributed by atoms with E-state index in [1.807, 2.05) is 12.1 Å². The zero-order valence-corrected chi connectivity index (χ0v) is 12.3. The molecule has 0 spiro atoms. The average molecular weight is 249 g/mol. The lowest BCUT2D eigenvalue weighted by atomic mass is 10.0. The largest absolute Gasteiger partial charge is 0.496 e. The van der Waals surface area contributed by atoms with Gasteiger partial charge in [0, 0.05) is 6.04 Å². The number of nitrogens with zero attached hydrogens (tertiary/aromatic N) is 1. The van der Waals surface area contributed by atoms with Crippen LogP contribution in [0.25, 0.3) is 0 Å². The molecule has 1 rings (SSSR count). The fourth-order valence-corrected chi connectivity index (χ4v) is 2.50. The van der Waals surface area contributed by atoms with Gasteiger partial charge in [0.25, 0.3) is 0 Å². The van der Waals surface area contributed by atoms with Crippen LogP contribution in [0.4, 0.5) is 0 Å². The summed E-state index contributed by atoms with van der Waals surface area (Å²) in [7, 11) is 3.99. The lowest BCUT2D eigenvalue weighted by molar-refractivity contribution is 0.224. The molecule has 0 heterocycles. The number of hydrogen-bond donors (Lipinski definition) is 0. The molecule has 2 heteroatoms. The SMILES string of the molecule is CCCN(C)C(CC)CCc1ccccc1OC. The van der Waals surface area contributed by atoms with Gasteiger partial charge in [0.15, 0.2) is 0 Å². The van der Waals surface area contributed by atoms with E-state index >= 15 is 0 Å². The topological polar surface area (TPSA) is 12.5 Å². The minimum atomic E-state index is 0.676. The van der Waals surface area contributed by atoms with E-state index in [-0.39, 0.29) is 0 Å². The molecular formula is C16H27NO. The van der Waals surface area contributed by atoms with Gasteiger partial charge in [-0.25, -0.2) is 0 Å². The zero-order valence-electron chi connectivity index (χ0n) is 12.3. The minimum absolute atomic E-state index is 0.676. The van der Waals surface area contributed by atoms with Crippen molar-refractivity contribution in [3.8, 4) is 5.75 Å². The standard InChI is InChI=1S/C16H27NO/c1-5-13-17(3)15(6-2)12-11-14-9-7-8-10-16(14)18-4/h7-10,15H,5-6,11-13H2,1-4H3. The van der Waals surface area contributed by atoms with Crippen molar-refractivity contribution in [2.45, 2.75) is 45.6 Å². The zero-order chi connectivity index (χ0) is 13.4. The molecule has 0 amide bonds. The van der Waals surface area contributed by atoms with E-state index in [2.05, 4.69) is 37.9 Å². The number of ether oxygens (including phenoxy) is 1. The molecule has 0 bridgehead atoms. The maximum absolute atomic E-state index is 5.41. The first-order chi connectivity index (χ1) is 8.72. The first kappa shape index (κ1) is 15.0. The van der Waals surface area contributed by atoms with Crippen molar-refractivity contribution >= 4 is 0 Å². The molecule has 102 valence electrons. The molecule has 0 radical (unpaired) electrons. The van der Waals surface area contributed by atoms with Crippen LogP contribution in [0.5, 0.6) is 5.75 Å². The van der Waals surface area contributed by atoms with Crippen LogP contribution in [0.15, 0.2) is 24.3 Å². The molecular weight excluding hydrogens is 222 g/mol. The van der Waals surface area contributed by atoms with Crippen LogP contribution in [0.2, 0.25) is 0 Å². The van der Waals surface area contributed by atoms with Crippen LogP contribution in [0.1, 0.15) is 38.7 Å². The highest BCUT2D eigenvalue weighted by atomic mass is 16.5. The van der Waals surface area contributed by atoms with Crippen molar-refractivity contribution in [3.05, 3.63) is 29.8 Å². The second kappa shape index (κ2) is 8.15. The van der Waals surface area contributed by atoms with Gasteiger partial charge in [0.05, 0.1) is 7.11 Å². The van der Waals surface area contributed by atoms with E-state index in [1.165, 1.54) is 31.4 Å². The van der Waals surface area contributed by atoms with Crippen molar-refractivity contribution in [2.75, 3.05) is 20.7 Å². The van der Waals surface area contributed by atoms with Gasteiger partial charge in [0.2, 0.25) is 0 Å². The molecule has 0 N–H and O–H groups in total. The van der Waals surface area contributed by atoms with Gasteiger partial charge in [-0.3, -0.25) is 0 Å². The quantitative estimate of drug-likeness (QED) is 0.696. The number of hydrogen-bond acceptors (Lipinski definition) is 2. The highest BCUT2D eigenvalue weighted by molar-refractivity contribution is 5.33. The van der Waals surface area contributed by atoms with Crippen LogP contribution in [0, 0.1) is 0 Å². The normalized spacial score (nSPS) is 12.7. The lowest BCUT2D eigenvalue weighted by Crippen LogP contribution is -2.32. The Morgan fingerprint density at radius 2 is 1.94 bits per heavy atom. The van der Waals surface area contributed by atoms with Gasteiger partial charge in [-0.2, -0.15) is 0 Å². The van der Waals surface area contributed by atoms with Gasteiger partial charge in [-0.15, -0.1) is 0 Å². The van der Waals surface area contributed by atoms with E-state index in [9.17, 15) is 0 Å². The van der Waals surface area contributed by atoms with E-state index in [4.69, 9.17) is 4.74 Å². The Kier molecular flexibility index (Phi) is 6.81. The van der Waals surface area contributed by atoms with E-state index in [1.54, 1.807) is 7.11 Å². The molecule has 0 aliphatic rings. The predicted molar refractivity (Wildman–Crippen MR) is 78.3 cm³/mol. The van der Waals surface area contributed by atoms with Gasteiger partial charge < -0.3 is 9.64 Å². The van der Waals surface area contributed by atoms with Gasteiger partial charge in [-0.1, -0.05) is 32.0 Å². The molecule has 0 aliphatic carbocycles. The molecule has 18 heavy (non-hydrogen) atoms. The molecule has 0 aliphatic heterocycles. The molecule has 1 atom stereocenters. The van der Waals surface area contributed by atoms with Crippen molar-refractivity contribution in [2.24, 2.45) is 0 Å². The summed E-state index contributed by atoms with van der Waals surface area (Å²) in [5, 5.41) is 0. The second-order valence-electron chi connectivity index (χ2n) is 4.89. The number of para-hydroxylation sites is 1. The number of rotatable bonds is 8. The van der Waals surface area contributed by atoms with Crippen molar-refractivity contribution in [1.29, 1.82) is 0 Å². The molecule has 0 aromatic heterocycles. The average Bonchev–Trinajstić information content (AvgIpc) is 2.40. The maximum Gasteiger partial charge on any atom is 0.122 e. The summed E-state index contributed by atoms with van der Waals surface area (Å²) in [4.78, 5) is 2.48. The van der Waals surface area contributed by atoms with Crippen molar-refractivity contribution < 1.29 is 4.74 Å². The molecule has 0 saturated heterocycles. The third-order valence-corrected chi connectivity index (χ3v) is 3.61. The summed E-state index contributed by atoms with van der Waals surface area (Å²) in [6.45, 7) is 5.70. The lowest BCUT2D eigenvalue weighted by Gasteiger charge is -2.27. The summed E-state index contributed by atoms with van der Waals surface area (Å²) in [6.07, 6.45) is 4.73. The Morgan fingerprint density at radius 1 is 1.22 bits per heavy atom. The molecule has 1 aromatic carbocycles. The second-order valence-corrected chi connectivity index (χ2v) is 4.89. The van der Waals surface area contributed by atoms with Gasteiger partial charge in [-0.05, 0) is 50.9 Å². The molecule has 1 aromatic rings. The Morgan fingerprint density at radius 3 is 2.56 bits per heavy atom. The number of benzene rings is 1. The van der Waals surface area contributed by atoms with Crippen LogP contribution in [0.3, 0.4) is 0 Å². The van der Waals surface area contributed by atoms with Gasteiger partial charge in [0.1, 0.15) is 5.75 Å². The molecule has 0 saturated carbocycles. The molecule has 1 unspecified atom stereocenters. The molecule has 0 fully saturated rings.